The van der Waals surface area contributed by atoms with Gasteiger partial charge in [0.05, 0.1) is 5.69 Å². The van der Waals surface area contributed by atoms with Crippen LogP contribution in [0.25, 0.3) is 4.96 Å². The molecule has 0 bridgehead atoms. The molecular weight excluding hydrogens is 196 g/mol. The summed E-state index contributed by atoms with van der Waals surface area (Å²) in [7, 11) is 0. The standard InChI is InChI=1S/C10H14N2OS/c1-10(2,7-13)5-8-6-12-3-4-14-9(12)11-8/h3-4,6,13H,5,7H2,1-2H3. The molecule has 4 heteroatoms. The predicted molar refractivity (Wildman–Crippen MR) is 57.6 cm³/mol. The van der Waals surface area contributed by atoms with Gasteiger partial charge in [-0.15, -0.1) is 11.3 Å². The van der Waals surface area contributed by atoms with Gasteiger partial charge in [0.25, 0.3) is 0 Å². The number of aliphatic hydroxyl groups excluding tert-OH is 1. The van der Waals surface area contributed by atoms with Crippen molar-refractivity contribution in [1.29, 1.82) is 0 Å². The summed E-state index contributed by atoms with van der Waals surface area (Å²) in [5.41, 5.74) is 0.972. The molecule has 0 unspecified atom stereocenters. The Bertz CT molecular complexity index is 401. The molecule has 3 nitrogen and oxygen atoms in total. The third-order valence-corrected chi connectivity index (χ3v) is 3.00. The van der Waals surface area contributed by atoms with Crippen LogP contribution in [0.1, 0.15) is 19.5 Å². The lowest BCUT2D eigenvalue weighted by molar-refractivity contribution is 0.159. The second-order valence-electron chi connectivity index (χ2n) is 4.32. The quantitative estimate of drug-likeness (QED) is 0.841. The minimum absolute atomic E-state index is 0.0793. The predicted octanol–water partition coefficient (Wildman–Crippen LogP) is 1.96. The van der Waals surface area contributed by atoms with Crippen molar-refractivity contribution in [3.8, 4) is 0 Å². The van der Waals surface area contributed by atoms with E-state index in [0.717, 1.165) is 17.1 Å². The Morgan fingerprint density at radius 3 is 3.00 bits per heavy atom. The molecule has 14 heavy (non-hydrogen) atoms. The van der Waals surface area contributed by atoms with Gasteiger partial charge in [0.1, 0.15) is 0 Å². The van der Waals surface area contributed by atoms with Crippen LogP contribution < -0.4 is 0 Å². The van der Waals surface area contributed by atoms with Crippen molar-refractivity contribution < 1.29 is 5.11 Å². The lowest BCUT2D eigenvalue weighted by atomic mass is 9.89. The highest BCUT2D eigenvalue weighted by Gasteiger charge is 2.18. The van der Waals surface area contributed by atoms with Crippen LogP contribution in [0, 0.1) is 5.41 Å². The number of hydrogen-bond donors (Lipinski definition) is 1. The minimum atomic E-state index is -0.0793. The molecule has 0 atom stereocenters. The molecule has 76 valence electrons. The number of rotatable bonds is 3. The molecule has 2 aromatic rings. The second kappa shape index (κ2) is 3.37. The number of imidazole rings is 1. The third-order valence-electron chi connectivity index (χ3n) is 2.23. The Labute approximate surface area is 87.0 Å². The SMILES string of the molecule is CC(C)(CO)Cc1cn2ccsc2n1. The van der Waals surface area contributed by atoms with Gasteiger partial charge in [-0.3, -0.25) is 4.40 Å². The lowest BCUT2D eigenvalue weighted by Gasteiger charge is -2.19. The van der Waals surface area contributed by atoms with Crippen molar-refractivity contribution in [2.24, 2.45) is 5.41 Å². The van der Waals surface area contributed by atoms with E-state index in [0.29, 0.717) is 0 Å². The van der Waals surface area contributed by atoms with Crippen molar-refractivity contribution in [2.45, 2.75) is 20.3 Å². The van der Waals surface area contributed by atoms with Crippen LogP contribution in [0.15, 0.2) is 17.8 Å². The molecular formula is C10H14N2OS. The Morgan fingerprint density at radius 2 is 2.36 bits per heavy atom. The van der Waals surface area contributed by atoms with Gasteiger partial charge >= 0.3 is 0 Å². The van der Waals surface area contributed by atoms with Crippen LogP contribution in [0.3, 0.4) is 0 Å². The van der Waals surface area contributed by atoms with Crippen molar-refractivity contribution in [1.82, 2.24) is 9.38 Å². The summed E-state index contributed by atoms with van der Waals surface area (Å²) in [6, 6.07) is 0. The van der Waals surface area contributed by atoms with Crippen LogP contribution in [-0.2, 0) is 6.42 Å². The summed E-state index contributed by atoms with van der Waals surface area (Å²) >= 11 is 1.63. The number of fused-ring (bicyclic) bond motifs is 1. The summed E-state index contributed by atoms with van der Waals surface area (Å²) < 4.78 is 2.02. The van der Waals surface area contributed by atoms with Crippen LogP contribution >= 0.6 is 11.3 Å². The van der Waals surface area contributed by atoms with Crippen LogP contribution in [0.4, 0.5) is 0 Å². The van der Waals surface area contributed by atoms with E-state index in [1.165, 1.54) is 0 Å². The fourth-order valence-electron chi connectivity index (χ4n) is 1.41. The molecule has 0 aliphatic heterocycles. The molecule has 0 radical (unpaired) electrons. The van der Waals surface area contributed by atoms with Crippen LogP contribution in [0.2, 0.25) is 0 Å². The van der Waals surface area contributed by atoms with Crippen LogP contribution in [-0.4, -0.2) is 21.1 Å². The maximum absolute atomic E-state index is 9.15. The fourth-order valence-corrected chi connectivity index (χ4v) is 2.13. The maximum Gasteiger partial charge on any atom is 0.193 e. The van der Waals surface area contributed by atoms with Crippen LogP contribution in [0.5, 0.6) is 0 Å². The van der Waals surface area contributed by atoms with Gasteiger partial charge in [-0.2, -0.15) is 0 Å². The van der Waals surface area contributed by atoms with Crippen molar-refractivity contribution >= 4 is 16.3 Å². The zero-order valence-electron chi connectivity index (χ0n) is 8.40. The monoisotopic (exact) mass is 210 g/mol. The molecule has 2 heterocycles. The number of aromatic nitrogens is 2. The highest BCUT2D eigenvalue weighted by Crippen LogP contribution is 2.21. The topological polar surface area (TPSA) is 37.5 Å². The van der Waals surface area contributed by atoms with E-state index in [9.17, 15) is 0 Å². The second-order valence-corrected chi connectivity index (χ2v) is 5.20. The third kappa shape index (κ3) is 1.81. The summed E-state index contributed by atoms with van der Waals surface area (Å²) in [6.45, 7) is 4.28. The average Bonchev–Trinajstić information content (AvgIpc) is 2.63. The number of thiazole rings is 1. The van der Waals surface area contributed by atoms with Crippen molar-refractivity contribution in [3.63, 3.8) is 0 Å². The molecule has 2 aromatic heterocycles. The summed E-state index contributed by atoms with van der Waals surface area (Å²) in [5.74, 6) is 0. The first-order valence-corrected chi connectivity index (χ1v) is 5.51. The first-order valence-electron chi connectivity index (χ1n) is 4.63. The first kappa shape index (κ1) is 9.68. The van der Waals surface area contributed by atoms with E-state index >= 15 is 0 Å². The van der Waals surface area contributed by atoms with Gasteiger partial charge in [0.15, 0.2) is 4.96 Å². The van der Waals surface area contributed by atoms with Gasteiger partial charge in [-0.25, -0.2) is 4.98 Å². The summed E-state index contributed by atoms with van der Waals surface area (Å²) in [4.78, 5) is 5.50. The maximum atomic E-state index is 9.15. The number of nitrogens with zero attached hydrogens (tertiary/aromatic N) is 2. The molecule has 0 aliphatic rings. The Hall–Kier alpha value is -0.870. The zero-order chi connectivity index (χ0) is 10.2. The van der Waals surface area contributed by atoms with E-state index in [1.54, 1.807) is 11.3 Å². The van der Waals surface area contributed by atoms with E-state index in [-0.39, 0.29) is 12.0 Å². The summed E-state index contributed by atoms with van der Waals surface area (Å²) in [5, 5.41) is 11.2. The molecule has 0 fully saturated rings. The molecule has 0 aliphatic carbocycles. The zero-order valence-corrected chi connectivity index (χ0v) is 9.21. The molecule has 0 amide bonds. The van der Waals surface area contributed by atoms with Gasteiger partial charge in [-0.05, 0) is 11.8 Å². The molecule has 0 spiro atoms. The van der Waals surface area contributed by atoms with E-state index in [4.69, 9.17) is 5.11 Å². The van der Waals surface area contributed by atoms with Gasteiger partial charge in [0, 0.05) is 24.4 Å². The molecule has 0 saturated heterocycles. The average molecular weight is 210 g/mol. The van der Waals surface area contributed by atoms with Crippen molar-refractivity contribution in [3.05, 3.63) is 23.5 Å². The van der Waals surface area contributed by atoms with Gasteiger partial charge < -0.3 is 5.11 Å². The van der Waals surface area contributed by atoms with Crippen molar-refractivity contribution in [2.75, 3.05) is 6.61 Å². The van der Waals surface area contributed by atoms with Gasteiger partial charge in [0.2, 0.25) is 0 Å². The fraction of sp³-hybridized carbons (Fsp3) is 0.500. The Kier molecular flexibility index (Phi) is 2.33. The molecule has 2 rings (SSSR count). The largest absolute Gasteiger partial charge is 0.396 e. The number of aliphatic hydroxyl groups is 1. The van der Waals surface area contributed by atoms with E-state index in [2.05, 4.69) is 4.98 Å². The minimum Gasteiger partial charge on any atom is -0.396 e. The first-order chi connectivity index (χ1) is 6.61. The Morgan fingerprint density at radius 1 is 1.57 bits per heavy atom. The molecule has 1 N–H and O–H groups in total. The normalized spacial score (nSPS) is 12.5. The number of hydrogen-bond acceptors (Lipinski definition) is 3. The molecule has 0 aromatic carbocycles. The highest BCUT2D eigenvalue weighted by atomic mass is 32.1. The summed E-state index contributed by atoms with van der Waals surface area (Å²) in [6.07, 6.45) is 4.85. The van der Waals surface area contributed by atoms with E-state index < -0.39 is 0 Å². The molecule has 0 saturated carbocycles. The van der Waals surface area contributed by atoms with E-state index in [1.807, 2.05) is 36.0 Å². The lowest BCUT2D eigenvalue weighted by Crippen LogP contribution is -2.19. The smallest absolute Gasteiger partial charge is 0.193 e. The van der Waals surface area contributed by atoms with Gasteiger partial charge in [-0.1, -0.05) is 13.8 Å². The Balaban J connectivity index is 2.23. The highest BCUT2D eigenvalue weighted by molar-refractivity contribution is 7.15.